The number of aromatic nitrogens is 1. The molecular weight excluding hydrogens is 240 g/mol. The van der Waals surface area contributed by atoms with Crippen molar-refractivity contribution >= 4 is 17.4 Å². The molecule has 5 nitrogen and oxygen atoms in total. The molecule has 2 rings (SSSR count). The van der Waals surface area contributed by atoms with Gasteiger partial charge in [-0.25, -0.2) is 4.79 Å². The van der Waals surface area contributed by atoms with Crippen LogP contribution in [0, 0.1) is 0 Å². The molecule has 0 atom stereocenters. The normalized spacial score (nSPS) is 9.89. The topological polar surface area (TPSA) is 80.0 Å². The minimum atomic E-state index is -0.223. The van der Waals surface area contributed by atoms with Crippen LogP contribution in [-0.2, 0) is 6.42 Å². The highest BCUT2D eigenvalue weighted by atomic mass is 16.2. The summed E-state index contributed by atoms with van der Waals surface area (Å²) in [7, 11) is 0. The zero-order valence-electron chi connectivity index (χ0n) is 10.5. The number of hydrogen-bond acceptors (Lipinski definition) is 3. The number of pyridine rings is 1. The number of benzene rings is 1. The van der Waals surface area contributed by atoms with Crippen molar-refractivity contribution in [2.45, 2.75) is 6.42 Å². The molecule has 0 spiro atoms. The molecule has 0 radical (unpaired) electrons. The summed E-state index contributed by atoms with van der Waals surface area (Å²) < 4.78 is 0. The summed E-state index contributed by atoms with van der Waals surface area (Å²) in [5, 5.41) is 5.53. The Labute approximate surface area is 111 Å². The third-order valence-electron chi connectivity index (χ3n) is 2.62. The fourth-order valence-electron chi connectivity index (χ4n) is 1.61. The number of nitrogen functional groups attached to an aromatic ring is 1. The molecule has 1 aromatic heterocycles. The minimum Gasteiger partial charge on any atom is -0.399 e. The lowest BCUT2D eigenvalue weighted by Gasteiger charge is -2.07. The van der Waals surface area contributed by atoms with Crippen molar-refractivity contribution in [2.75, 3.05) is 17.6 Å². The molecule has 4 N–H and O–H groups in total. The Kier molecular flexibility index (Phi) is 4.34. The molecule has 98 valence electrons. The summed E-state index contributed by atoms with van der Waals surface area (Å²) in [6, 6.07) is 10.6. The number of carbonyl (C=O) groups is 1. The van der Waals surface area contributed by atoms with Crippen molar-refractivity contribution in [2.24, 2.45) is 0 Å². The van der Waals surface area contributed by atoms with E-state index < -0.39 is 0 Å². The summed E-state index contributed by atoms with van der Waals surface area (Å²) >= 11 is 0. The standard InChI is InChI=1S/C14H16N4O/c15-12-1-3-13(4-2-12)18-14(19)17-10-7-11-5-8-16-9-6-11/h1-6,8-9H,7,10,15H2,(H2,17,18,19). The largest absolute Gasteiger partial charge is 0.399 e. The lowest BCUT2D eigenvalue weighted by molar-refractivity contribution is 0.252. The Morgan fingerprint density at radius 3 is 2.47 bits per heavy atom. The number of amides is 2. The molecule has 0 saturated carbocycles. The third-order valence-corrected chi connectivity index (χ3v) is 2.62. The second-order valence-electron chi connectivity index (χ2n) is 4.11. The maximum Gasteiger partial charge on any atom is 0.319 e. The van der Waals surface area contributed by atoms with E-state index in [9.17, 15) is 4.79 Å². The van der Waals surface area contributed by atoms with Gasteiger partial charge in [0.15, 0.2) is 0 Å². The number of nitrogens with two attached hydrogens (primary N) is 1. The van der Waals surface area contributed by atoms with Crippen LogP contribution < -0.4 is 16.4 Å². The van der Waals surface area contributed by atoms with Crippen LogP contribution in [0.5, 0.6) is 0 Å². The van der Waals surface area contributed by atoms with Crippen molar-refractivity contribution in [1.82, 2.24) is 10.3 Å². The van der Waals surface area contributed by atoms with E-state index in [0.717, 1.165) is 17.7 Å². The molecule has 2 amide bonds. The maximum absolute atomic E-state index is 11.6. The van der Waals surface area contributed by atoms with Gasteiger partial charge in [-0.3, -0.25) is 4.98 Å². The van der Waals surface area contributed by atoms with Crippen LogP contribution in [0.1, 0.15) is 5.56 Å². The number of rotatable bonds is 4. The molecule has 2 aromatic rings. The van der Waals surface area contributed by atoms with Gasteiger partial charge in [-0.05, 0) is 48.4 Å². The first kappa shape index (κ1) is 12.9. The fraction of sp³-hybridized carbons (Fsp3) is 0.143. The Bertz CT molecular complexity index is 525. The molecule has 19 heavy (non-hydrogen) atoms. The fourth-order valence-corrected chi connectivity index (χ4v) is 1.61. The molecule has 5 heteroatoms. The van der Waals surface area contributed by atoms with Gasteiger partial charge in [0.25, 0.3) is 0 Å². The van der Waals surface area contributed by atoms with Crippen molar-refractivity contribution in [3.05, 3.63) is 54.4 Å². The van der Waals surface area contributed by atoms with Gasteiger partial charge < -0.3 is 16.4 Å². The van der Waals surface area contributed by atoms with Gasteiger partial charge >= 0.3 is 6.03 Å². The highest BCUT2D eigenvalue weighted by Gasteiger charge is 2.00. The summed E-state index contributed by atoms with van der Waals surface area (Å²) in [5.41, 5.74) is 8.10. The predicted octanol–water partition coefficient (Wildman–Crippen LogP) is 2.03. The van der Waals surface area contributed by atoms with Gasteiger partial charge in [0.1, 0.15) is 0 Å². The lowest BCUT2D eigenvalue weighted by Crippen LogP contribution is -2.30. The molecule has 0 bridgehead atoms. The van der Waals surface area contributed by atoms with E-state index in [4.69, 9.17) is 5.73 Å². The van der Waals surface area contributed by atoms with Crippen molar-refractivity contribution < 1.29 is 4.79 Å². The molecule has 0 unspecified atom stereocenters. The minimum absolute atomic E-state index is 0.223. The average molecular weight is 256 g/mol. The monoisotopic (exact) mass is 256 g/mol. The quantitative estimate of drug-likeness (QED) is 0.732. The summed E-state index contributed by atoms with van der Waals surface area (Å²) in [5.74, 6) is 0. The van der Waals surface area contributed by atoms with Crippen molar-refractivity contribution in [3.63, 3.8) is 0 Å². The van der Waals surface area contributed by atoms with E-state index in [-0.39, 0.29) is 6.03 Å². The van der Waals surface area contributed by atoms with Crippen LogP contribution in [0.4, 0.5) is 16.2 Å². The first-order valence-corrected chi connectivity index (χ1v) is 6.03. The number of nitrogens with one attached hydrogen (secondary N) is 2. The van der Waals surface area contributed by atoms with E-state index in [1.165, 1.54) is 0 Å². The molecule has 0 fully saturated rings. The molecule has 1 aromatic carbocycles. The van der Waals surface area contributed by atoms with Crippen LogP contribution >= 0.6 is 0 Å². The van der Waals surface area contributed by atoms with E-state index in [2.05, 4.69) is 15.6 Å². The van der Waals surface area contributed by atoms with E-state index >= 15 is 0 Å². The van der Waals surface area contributed by atoms with Crippen LogP contribution in [0.3, 0.4) is 0 Å². The van der Waals surface area contributed by atoms with Gasteiger partial charge in [-0.1, -0.05) is 0 Å². The molecule has 0 aliphatic rings. The third kappa shape index (κ3) is 4.31. The number of urea groups is 1. The van der Waals surface area contributed by atoms with Gasteiger partial charge in [0, 0.05) is 30.3 Å². The number of hydrogen-bond donors (Lipinski definition) is 3. The SMILES string of the molecule is Nc1ccc(NC(=O)NCCc2ccncc2)cc1. The van der Waals surface area contributed by atoms with Gasteiger partial charge in [-0.15, -0.1) is 0 Å². The first-order valence-electron chi connectivity index (χ1n) is 6.03. The average Bonchev–Trinajstić information content (AvgIpc) is 2.43. The molecule has 0 aliphatic carbocycles. The molecule has 0 aliphatic heterocycles. The first-order chi connectivity index (χ1) is 9.24. The maximum atomic E-state index is 11.6. The Hall–Kier alpha value is -2.56. The second-order valence-corrected chi connectivity index (χ2v) is 4.11. The molecular formula is C14H16N4O. The van der Waals surface area contributed by atoms with Crippen LogP contribution in [-0.4, -0.2) is 17.6 Å². The summed E-state index contributed by atoms with van der Waals surface area (Å²) in [6.07, 6.45) is 4.26. The van der Waals surface area contributed by atoms with Crippen LogP contribution in [0.2, 0.25) is 0 Å². The zero-order valence-corrected chi connectivity index (χ0v) is 10.5. The number of carbonyl (C=O) groups excluding carboxylic acids is 1. The van der Waals surface area contributed by atoms with E-state index in [0.29, 0.717) is 12.2 Å². The van der Waals surface area contributed by atoms with E-state index in [1.807, 2.05) is 12.1 Å². The van der Waals surface area contributed by atoms with Gasteiger partial charge in [0.05, 0.1) is 0 Å². The van der Waals surface area contributed by atoms with Crippen LogP contribution in [0.25, 0.3) is 0 Å². The Balaban J connectivity index is 1.74. The van der Waals surface area contributed by atoms with Crippen molar-refractivity contribution in [3.8, 4) is 0 Å². The predicted molar refractivity (Wildman–Crippen MR) is 75.8 cm³/mol. The molecule has 0 saturated heterocycles. The summed E-state index contributed by atoms with van der Waals surface area (Å²) in [6.45, 7) is 0.574. The smallest absolute Gasteiger partial charge is 0.319 e. The zero-order chi connectivity index (χ0) is 13.5. The summed E-state index contributed by atoms with van der Waals surface area (Å²) in [4.78, 5) is 15.6. The highest BCUT2D eigenvalue weighted by Crippen LogP contribution is 2.09. The van der Waals surface area contributed by atoms with Crippen LogP contribution in [0.15, 0.2) is 48.8 Å². The van der Waals surface area contributed by atoms with Crippen molar-refractivity contribution in [1.29, 1.82) is 0 Å². The van der Waals surface area contributed by atoms with Gasteiger partial charge in [0.2, 0.25) is 0 Å². The Morgan fingerprint density at radius 1 is 1.11 bits per heavy atom. The Morgan fingerprint density at radius 2 is 1.79 bits per heavy atom. The van der Waals surface area contributed by atoms with Gasteiger partial charge in [-0.2, -0.15) is 0 Å². The van der Waals surface area contributed by atoms with E-state index in [1.54, 1.807) is 36.7 Å². The number of anilines is 2. The lowest BCUT2D eigenvalue weighted by atomic mass is 10.2. The second kappa shape index (κ2) is 6.39. The molecule has 1 heterocycles. The number of nitrogens with zero attached hydrogens (tertiary/aromatic N) is 1. The highest BCUT2D eigenvalue weighted by molar-refractivity contribution is 5.89.